The molecule has 2 saturated heterocycles. The van der Waals surface area contributed by atoms with Crippen molar-refractivity contribution in [1.29, 1.82) is 0 Å². The summed E-state index contributed by atoms with van der Waals surface area (Å²) in [6.45, 7) is 8.40. The van der Waals surface area contributed by atoms with Crippen LogP contribution in [0.25, 0.3) is 0 Å². The summed E-state index contributed by atoms with van der Waals surface area (Å²) in [6.07, 6.45) is 8.86. The Morgan fingerprint density at radius 3 is 2.86 bits per heavy atom. The molecule has 2 aromatic heterocycles. The summed E-state index contributed by atoms with van der Waals surface area (Å²) in [4.78, 5) is 18.0. The molecule has 0 unspecified atom stereocenters. The number of fused-ring (bicyclic) bond motifs is 5. The van der Waals surface area contributed by atoms with Crippen molar-refractivity contribution < 1.29 is 4.74 Å². The molecule has 10 heteroatoms. The molecule has 8 rings (SSSR count). The summed E-state index contributed by atoms with van der Waals surface area (Å²) >= 11 is 6.67. The van der Waals surface area contributed by atoms with Crippen LogP contribution in [0, 0.1) is 5.92 Å². The zero-order valence-electron chi connectivity index (χ0n) is 25.5. The van der Waals surface area contributed by atoms with Crippen molar-refractivity contribution >= 4 is 23.2 Å². The fourth-order valence-corrected chi connectivity index (χ4v) is 9.31. The number of aryl methyl sites for hydroxylation is 2. The minimum absolute atomic E-state index is 0.0677. The first-order valence-electron chi connectivity index (χ1n) is 16.2. The molecule has 0 radical (unpaired) electrons. The van der Waals surface area contributed by atoms with Gasteiger partial charge >= 0.3 is 6.01 Å². The molecular formula is C33H43ClN8O. The van der Waals surface area contributed by atoms with Crippen molar-refractivity contribution in [3.05, 3.63) is 57.4 Å². The van der Waals surface area contributed by atoms with Crippen LogP contribution in [0.15, 0.2) is 24.3 Å². The highest BCUT2D eigenvalue weighted by atomic mass is 35.5. The van der Waals surface area contributed by atoms with E-state index in [0.29, 0.717) is 35.9 Å². The van der Waals surface area contributed by atoms with Crippen LogP contribution in [0.2, 0.25) is 5.02 Å². The first-order valence-corrected chi connectivity index (χ1v) is 16.6. The number of nitrogens with zero attached hydrogens (tertiary/aromatic N) is 7. The van der Waals surface area contributed by atoms with Crippen LogP contribution in [-0.2, 0) is 38.0 Å². The van der Waals surface area contributed by atoms with E-state index >= 15 is 0 Å². The van der Waals surface area contributed by atoms with Gasteiger partial charge in [-0.25, -0.2) is 0 Å². The number of anilines is 2. The second-order valence-electron chi connectivity index (χ2n) is 13.8. The van der Waals surface area contributed by atoms with Crippen molar-refractivity contribution in [2.45, 2.75) is 89.0 Å². The van der Waals surface area contributed by atoms with E-state index in [1.807, 2.05) is 4.68 Å². The molecule has 2 fully saturated rings. The monoisotopic (exact) mass is 602 g/mol. The second kappa shape index (κ2) is 10.3. The van der Waals surface area contributed by atoms with Gasteiger partial charge in [0, 0.05) is 38.2 Å². The molecule has 43 heavy (non-hydrogen) atoms. The summed E-state index contributed by atoms with van der Waals surface area (Å²) in [5.41, 5.74) is 12.4. The van der Waals surface area contributed by atoms with Gasteiger partial charge in [-0.3, -0.25) is 14.5 Å². The molecule has 6 heterocycles. The van der Waals surface area contributed by atoms with Crippen molar-refractivity contribution in [3.63, 3.8) is 0 Å². The number of aromatic nitrogens is 4. The van der Waals surface area contributed by atoms with Gasteiger partial charge in [0.2, 0.25) is 0 Å². The summed E-state index contributed by atoms with van der Waals surface area (Å²) in [5.74, 6) is 2.07. The fraction of sp³-hybridized carbons (Fsp3) is 0.606. The van der Waals surface area contributed by atoms with Gasteiger partial charge in [0.05, 0.1) is 29.0 Å². The molecule has 1 aliphatic carbocycles. The zero-order valence-corrected chi connectivity index (χ0v) is 26.2. The van der Waals surface area contributed by atoms with Gasteiger partial charge in [-0.1, -0.05) is 42.8 Å². The molecule has 5 aliphatic rings. The molecule has 3 aromatic rings. The maximum Gasteiger partial charge on any atom is 0.318 e. The van der Waals surface area contributed by atoms with Crippen molar-refractivity contribution in [2.75, 3.05) is 43.9 Å². The van der Waals surface area contributed by atoms with E-state index in [-0.39, 0.29) is 11.1 Å². The average Bonchev–Trinajstić information content (AvgIpc) is 3.55. The smallest absolute Gasteiger partial charge is 0.318 e. The van der Waals surface area contributed by atoms with Crippen LogP contribution in [0.1, 0.15) is 73.5 Å². The Bertz CT molecular complexity index is 1560. The molecule has 2 N–H and O–H groups in total. The van der Waals surface area contributed by atoms with Gasteiger partial charge in [0.25, 0.3) is 0 Å². The van der Waals surface area contributed by atoms with E-state index in [1.165, 1.54) is 55.5 Å². The lowest BCUT2D eigenvalue weighted by atomic mass is 9.71. The highest BCUT2D eigenvalue weighted by Crippen LogP contribution is 2.47. The van der Waals surface area contributed by atoms with Crippen molar-refractivity contribution in [3.8, 4) is 6.01 Å². The number of rotatable bonds is 4. The van der Waals surface area contributed by atoms with Crippen LogP contribution >= 0.6 is 11.6 Å². The number of nitrogen functional groups attached to an aromatic ring is 1. The largest absolute Gasteiger partial charge is 0.461 e. The fourth-order valence-electron chi connectivity index (χ4n) is 9.11. The van der Waals surface area contributed by atoms with E-state index < -0.39 is 0 Å². The number of ether oxygens (including phenoxy) is 1. The molecule has 9 nitrogen and oxygen atoms in total. The number of halogens is 1. The van der Waals surface area contributed by atoms with Crippen molar-refractivity contribution in [2.24, 2.45) is 5.92 Å². The van der Waals surface area contributed by atoms with Gasteiger partial charge in [0.15, 0.2) is 5.82 Å². The highest BCUT2D eigenvalue weighted by Gasteiger charge is 2.48. The Kier molecular flexibility index (Phi) is 6.65. The summed E-state index contributed by atoms with van der Waals surface area (Å²) in [5, 5.41) is 5.06. The van der Waals surface area contributed by atoms with Gasteiger partial charge in [-0.2, -0.15) is 15.1 Å². The average molecular weight is 603 g/mol. The maximum atomic E-state index is 6.67. The lowest BCUT2D eigenvalue weighted by Gasteiger charge is -2.49. The molecular weight excluding hydrogens is 560 g/mol. The molecule has 3 atom stereocenters. The molecule has 4 aliphatic heterocycles. The SMILES string of the molecule is C[C@H]1CN2CCC[C@@]2(COc2nc3c(c(N4CCCn5nc(N)c(Cl)c5C4)n2)CN(C)[C@@]2(CCCc4ccccc42)C3)C1. The summed E-state index contributed by atoms with van der Waals surface area (Å²) in [7, 11) is 2.28. The zero-order chi connectivity index (χ0) is 29.3. The Morgan fingerprint density at radius 2 is 1.95 bits per heavy atom. The van der Waals surface area contributed by atoms with Crippen LogP contribution < -0.4 is 15.4 Å². The predicted molar refractivity (Wildman–Crippen MR) is 168 cm³/mol. The van der Waals surface area contributed by atoms with E-state index in [1.54, 1.807) is 0 Å². The standard InChI is InChI=1S/C33H43ClN8O/c1-22-16-32(11-6-14-41(32)18-22)21-43-31-36-26-17-33(12-5-9-23-8-3-4-10-25(23)33)39(2)19-24(26)30(37-31)40-13-7-15-42-27(20-40)28(34)29(35)38-42/h3-4,8,10,22H,5-7,9,11-21H2,1-2H3,(H2,35,38)/t22-,32+,33+/m1/s1. The summed E-state index contributed by atoms with van der Waals surface area (Å²) in [6, 6.07) is 9.54. The Morgan fingerprint density at radius 1 is 1.07 bits per heavy atom. The van der Waals surface area contributed by atoms with Crippen LogP contribution in [0.5, 0.6) is 6.01 Å². The van der Waals surface area contributed by atoms with Crippen LogP contribution in [-0.4, -0.2) is 68.4 Å². The van der Waals surface area contributed by atoms with Gasteiger partial charge < -0.3 is 15.4 Å². The normalized spacial score (nSPS) is 28.8. The number of benzene rings is 1. The van der Waals surface area contributed by atoms with Crippen LogP contribution in [0.3, 0.4) is 0 Å². The van der Waals surface area contributed by atoms with E-state index in [9.17, 15) is 0 Å². The summed E-state index contributed by atoms with van der Waals surface area (Å²) < 4.78 is 8.64. The third kappa shape index (κ3) is 4.45. The predicted octanol–water partition coefficient (Wildman–Crippen LogP) is 4.79. The quantitative estimate of drug-likeness (QED) is 0.456. The minimum Gasteiger partial charge on any atom is -0.461 e. The number of hydrogen-bond donors (Lipinski definition) is 1. The molecule has 1 spiro atoms. The lowest BCUT2D eigenvalue weighted by Crippen LogP contribution is -2.51. The van der Waals surface area contributed by atoms with Crippen LogP contribution in [0.4, 0.5) is 11.6 Å². The Labute approximate surface area is 259 Å². The lowest BCUT2D eigenvalue weighted by molar-refractivity contribution is 0.0714. The van der Waals surface area contributed by atoms with E-state index in [0.717, 1.165) is 62.5 Å². The van der Waals surface area contributed by atoms with Gasteiger partial charge in [-0.15, -0.1) is 0 Å². The number of nitrogens with two attached hydrogens (primary N) is 1. The molecule has 0 bridgehead atoms. The molecule has 0 saturated carbocycles. The first-order chi connectivity index (χ1) is 20.8. The Hall–Kier alpha value is -2.88. The molecule has 1 aromatic carbocycles. The number of likely N-dealkylation sites (N-methyl/N-ethyl adjacent to an activating group) is 1. The van der Waals surface area contributed by atoms with E-state index in [4.69, 9.17) is 32.0 Å². The Balaban J connectivity index is 1.19. The highest BCUT2D eigenvalue weighted by molar-refractivity contribution is 6.33. The first kappa shape index (κ1) is 27.7. The third-order valence-electron chi connectivity index (χ3n) is 11.1. The number of hydrogen-bond acceptors (Lipinski definition) is 8. The minimum atomic E-state index is -0.0677. The molecule has 228 valence electrons. The van der Waals surface area contributed by atoms with Crippen molar-refractivity contribution in [1.82, 2.24) is 29.5 Å². The van der Waals surface area contributed by atoms with Gasteiger partial charge in [-0.05, 0) is 75.6 Å². The topological polar surface area (TPSA) is 88.6 Å². The van der Waals surface area contributed by atoms with Gasteiger partial charge in [0.1, 0.15) is 17.4 Å². The third-order valence-corrected chi connectivity index (χ3v) is 11.5. The maximum absolute atomic E-state index is 6.67. The molecule has 0 amide bonds. The second-order valence-corrected chi connectivity index (χ2v) is 14.2. The van der Waals surface area contributed by atoms with E-state index in [2.05, 4.69) is 58.0 Å².